The molecular formula is C15H17F2N3O. The average molecular weight is 293 g/mol. The molecule has 112 valence electrons. The molecule has 2 aromatic rings. The highest BCUT2D eigenvalue weighted by Gasteiger charge is 2.10. The van der Waals surface area contributed by atoms with Gasteiger partial charge in [-0.25, -0.2) is 9.37 Å². The highest BCUT2D eigenvalue weighted by atomic mass is 19.2. The van der Waals surface area contributed by atoms with Crippen LogP contribution in [-0.4, -0.2) is 16.5 Å². The molecule has 1 aromatic carbocycles. The molecule has 0 atom stereocenters. The van der Waals surface area contributed by atoms with Crippen molar-refractivity contribution in [3.05, 3.63) is 47.9 Å². The Morgan fingerprint density at radius 2 is 2.00 bits per heavy atom. The number of benzene rings is 1. The van der Waals surface area contributed by atoms with Crippen LogP contribution in [-0.2, 0) is 6.54 Å². The first-order chi connectivity index (χ1) is 10.1. The topological polar surface area (TPSA) is 47.0 Å². The van der Waals surface area contributed by atoms with Crippen molar-refractivity contribution in [3.63, 3.8) is 0 Å². The molecule has 1 aromatic heterocycles. The molecule has 0 unspecified atom stereocenters. The first-order valence-corrected chi connectivity index (χ1v) is 6.69. The predicted octanol–water partition coefficient (Wildman–Crippen LogP) is 3.29. The van der Waals surface area contributed by atoms with Crippen molar-refractivity contribution in [2.45, 2.75) is 20.4 Å². The van der Waals surface area contributed by atoms with Crippen molar-refractivity contribution in [3.8, 4) is 11.6 Å². The number of hydrogen-bond donors (Lipinski definition) is 1. The molecule has 4 nitrogen and oxygen atoms in total. The fourth-order valence-corrected chi connectivity index (χ4v) is 1.65. The Kier molecular flexibility index (Phi) is 5.16. The molecule has 1 N–H and O–H groups in total. The second kappa shape index (κ2) is 7.08. The van der Waals surface area contributed by atoms with E-state index in [9.17, 15) is 8.78 Å². The highest BCUT2D eigenvalue weighted by molar-refractivity contribution is 5.28. The van der Waals surface area contributed by atoms with Crippen molar-refractivity contribution in [1.29, 1.82) is 0 Å². The standard InChI is InChI=1S/C15H17F2N3O/c1-10(2)6-18-7-11-8-20-14(9-19-11)21-13-5-3-4-12(16)15(13)17/h3-5,8-10,18H,6-7H2,1-2H3. The minimum atomic E-state index is -1.04. The van der Waals surface area contributed by atoms with E-state index < -0.39 is 11.6 Å². The lowest BCUT2D eigenvalue weighted by Crippen LogP contribution is -2.19. The van der Waals surface area contributed by atoms with Gasteiger partial charge in [0, 0.05) is 6.54 Å². The highest BCUT2D eigenvalue weighted by Crippen LogP contribution is 2.23. The van der Waals surface area contributed by atoms with Gasteiger partial charge in [-0.15, -0.1) is 0 Å². The van der Waals surface area contributed by atoms with Gasteiger partial charge in [0.2, 0.25) is 11.7 Å². The van der Waals surface area contributed by atoms with Crippen LogP contribution in [0.25, 0.3) is 0 Å². The quantitative estimate of drug-likeness (QED) is 0.887. The Labute approximate surface area is 122 Å². The molecule has 6 heteroatoms. The van der Waals surface area contributed by atoms with Crippen molar-refractivity contribution >= 4 is 0 Å². The van der Waals surface area contributed by atoms with E-state index in [1.54, 1.807) is 6.20 Å². The van der Waals surface area contributed by atoms with Crippen molar-refractivity contribution < 1.29 is 13.5 Å². The Morgan fingerprint density at radius 1 is 1.19 bits per heavy atom. The third kappa shape index (κ3) is 4.46. The summed E-state index contributed by atoms with van der Waals surface area (Å²) in [4.78, 5) is 8.19. The zero-order valence-corrected chi connectivity index (χ0v) is 11.9. The number of nitrogens with one attached hydrogen (secondary N) is 1. The van der Waals surface area contributed by atoms with E-state index in [1.807, 2.05) is 0 Å². The summed E-state index contributed by atoms with van der Waals surface area (Å²) in [5.41, 5.74) is 0.753. The van der Waals surface area contributed by atoms with Gasteiger partial charge in [0.25, 0.3) is 0 Å². The first kappa shape index (κ1) is 15.3. The largest absolute Gasteiger partial charge is 0.434 e. The first-order valence-electron chi connectivity index (χ1n) is 6.69. The summed E-state index contributed by atoms with van der Waals surface area (Å²) in [6.07, 6.45) is 2.93. The minimum Gasteiger partial charge on any atom is -0.434 e. The molecule has 0 fully saturated rings. The molecule has 0 saturated heterocycles. The lowest BCUT2D eigenvalue weighted by Gasteiger charge is -2.08. The number of hydrogen-bond acceptors (Lipinski definition) is 4. The second-order valence-electron chi connectivity index (χ2n) is 5.02. The van der Waals surface area contributed by atoms with Crippen LogP contribution in [0.5, 0.6) is 11.6 Å². The lowest BCUT2D eigenvalue weighted by atomic mass is 10.2. The third-order valence-corrected chi connectivity index (χ3v) is 2.67. The number of ether oxygens (including phenoxy) is 1. The van der Waals surface area contributed by atoms with E-state index >= 15 is 0 Å². The van der Waals surface area contributed by atoms with Gasteiger partial charge in [-0.3, -0.25) is 4.98 Å². The molecule has 0 saturated carbocycles. The summed E-state index contributed by atoms with van der Waals surface area (Å²) in [6.45, 7) is 5.71. The summed E-state index contributed by atoms with van der Waals surface area (Å²) in [7, 11) is 0. The van der Waals surface area contributed by atoms with Gasteiger partial charge in [0.05, 0.1) is 18.1 Å². The molecule has 0 aliphatic heterocycles. The van der Waals surface area contributed by atoms with Gasteiger partial charge in [0.1, 0.15) is 0 Å². The minimum absolute atomic E-state index is 0.118. The maximum Gasteiger partial charge on any atom is 0.237 e. The molecule has 0 spiro atoms. The van der Waals surface area contributed by atoms with Crippen LogP contribution in [0.15, 0.2) is 30.6 Å². The molecule has 0 amide bonds. The summed E-state index contributed by atoms with van der Waals surface area (Å²) in [6, 6.07) is 3.72. The Hall–Kier alpha value is -2.08. The summed E-state index contributed by atoms with van der Waals surface area (Å²) in [5, 5.41) is 3.23. The predicted molar refractivity (Wildman–Crippen MR) is 75.0 cm³/mol. The Morgan fingerprint density at radius 3 is 2.67 bits per heavy atom. The number of nitrogens with zero attached hydrogens (tertiary/aromatic N) is 2. The van der Waals surface area contributed by atoms with E-state index in [1.165, 1.54) is 18.3 Å². The smallest absolute Gasteiger partial charge is 0.237 e. The fraction of sp³-hybridized carbons (Fsp3) is 0.333. The van der Waals surface area contributed by atoms with Crippen molar-refractivity contribution in [1.82, 2.24) is 15.3 Å². The van der Waals surface area contributed by atoms with Crippen LogP contribution in [0.4, 0.5) is 8.78 Å². The molecule has 0 radical (unpaired) electrons. The van der Waals surface area contributed by atoms with Gasteiger partial charge < -0.3 is 10.1 Å². The zero-order valence-electron chi connectivity index (χ0n) is 11.9. The third-order valence-electron chi connectivity index (χ3n) is 2.67. The molecule has 21 heavy (non-hydrogen) atoms. The van der Waals surface area contributed by atoms with E-state index in [0.29, 0.717) is 12.5 Å². The average Bonchev–Trinajstić information content (AvgIpc) is 2.45. The maximum atomic E-state index is 13.5. The van der Waals surface area contributed by atoms with Crippen LogP contribution in [0.3, 0.4) is 0 Å². The zero-order chi connectivity index (χ0) is 15.2. The maximum absolute atomic E-state index is 13.5. The van der Waals surface area contributed by atoms with Gasteiger partial charge in [-0.2, -0.15) is 4.39 Å². The van der Waals surface area contributed by atoms with Crippen LogP contribution in [0.1, 0.15) is 19.5 Å². The normalized spacial score (nSPS) is 10.9. The Balaban J connectivity index is 1.97. The fourth-order valence-electron chi connectivity index (χ4n) is 1.65. The SMILES string of the molecule is CC(C)CNCc1cnc(Oc2cccc(F)c2F)cn1. The van der Waals surface area contributed by atoms with Crippen LogP contribution in [0.2, 0.25) is 0 Å². The van der Waals surface area contributed by atoms with Crippen LogP contribution >= 0.6 is 0 Å². The van der Waals surface area contributed by atoms with E-state index in [-0.39, 0.29) is 11.6 Å². The molecule has 0 bridgehead atoms. The van der Waals surface area contributed by atoms with Gasteiger partial charge in [-0.1, -0.05) is 19.9 Å². The van der Waals surface area contributed by atoms with Gasteiger partial charge in [0.15, 0.2) is 11.6 Å². The monoisotopic (exact) mass is 293 g/mol. The number of aromatic nitrogens is 2. The van der Waals surface area contributed by atoms with E-state index in [2.05, 4.69) is 29.1 Å². The summed E-state index contributed by atoms with van der Waals surface area (Å²) >= 11 is 0. The van der Waals surface area contributed by atoms with Crippen LogP contribution in [0, 0.1) is 17.6 Å². The molecular weight excluding hydrogens is 276 g/mol. The van der Waals surface area contributed by atoms with Crippen LogP contribution < -0.4 is 10.1 Å². The van der Waals surface area contributed by atoms with Crippen molar-refractivity contribution in [2.24, 2.45) is 5.92 Å². The van der Waals surface area contributed by atoms with Gasteiger partial charge in [-0.05, 0) is 24.6 Å². The van der Waals surface area contributed by atoms with Gasteiger partial charge >= 0.3 is 0 Å². The number of halogens is 2. The van der Waals surface area contributed by atoms with E-state index in [4.69, 9.17) is 4.74 Å². The molecule has 0 aliphatic carbocycles. The molecule has 1 heterocycles. The summed E-state index contributed by atoms with van der Waals surface area (Å²) in [5.74, 6) is -1.55. The summed E-state index contributed by atoms with van der Waals surface area (Å²) < 4.78 is 31.7. The van der Waals surface area contributed by atoms with E-state index in [0.717, 1.165) is 18.3 Å². The lowest BCUT2D eigenvalue weighted by molar-refractivity contribution is 0.403. The Bertz CT molecular complexity index is 588. The van der Waals surface area contributed by atoms with Crippen molar-refractivity contribution in [2.75, 3.05) is 6.54 Å². The number of rotatable bonds is 6. The molecule has 2 rings (SSSR count). The molecule has 0 aliphatic rings. The second-order valence-corrected chi connectivity index (χ2v) is 5.02.